The standard InChI is InChI=1S/3C8H6O2S2.C8H6S4/c2*1-3-5-6(12-7(3)9)4(2)8(10)11-5;1-3-5-6(10-7(3)11)4(2)8(12)9-5;1-3-5-6(12-7(3)9)4(2)8(10)11-5/h4*1-2H3. The van der Waals surface area contributed by atoms with Crippen LogP contribution < -0.4 is 0 Å². The van der Waals surface area contributed by atoms with Crippen molar-refractivity contribution in [2.45, 2.75) is 55.4 Å². The highest BCUT2D eigenvalue weighted by Crippen LogP contribution is 2.53. The molecule has 0 aromatic rings. The van der Waals surface area contributed by atoms with Crippen molar-refractivity contribution < 1.29 is 28.7 Å². The summed E-state index contributed by atoms with van der Waals surface area (Å²) in [6.45, 7) is 15.0. The van der Waals surface area contributed by atoms with E-state index < -0.39 is 0 Å². The summed E-state index contributed by atoms with van der Waals surface area (Å²) in [7, 11) is 0. The number of ether oxygens (including phenoxy) is 2. The van der Waals surface area contributed by atoms with Crippen molar-refractivity contribution in [1.29, 1.82) is 0 Å². The first-order valence-corrected chi connectivity index (χ1v) is 20.4. The predicted molar refractivity (Wildman–Crippen MR) is 220 cm³/mol. The first-order chi connectivity index (χ1) is 22.4. The molecule has 0 aliphatic carbocycles. The van der Waals surface area contributed by atoms with Crippen LogP contribution in [0.2, 0.25) is 0 Å². The second kappa shape index (κ2) is 14.7. The van der Waals surface area contributed by atoms with Gasteiger partial charge >= 0.3 is 0 Å². The number of fused-ring (bicyclic) bond motifs is 4. The van der Waals surface area contributed by atoms with Crippen LogP contribution in [0.3, 0.4) is 0 Å². The number of thiocarbonyl (C=S) groups is 4. The van der Waals surface area contributed by atoms with E-state index in [0.29, 0.717) is 21.6 Å². The summed E-state index contributed by atoms with van der Waals surface area (Å²) >= 11 is 28.4. The van der Waals surface area contributed by atoms with Gasteiger partial charge in [-0.3, -0.25) is 19.2 Å². The van der Waals surface area contributed by atoms with Crippen molar-refractivity contribution >= 4 is 158 Å². The minimum atomic E-state index is 0.0827. The molecule has 0 amide bonds. The molecular formula is C32H24O6S10. The average Bonchev–Trinajstić information content (AvgIpc) is 3.90. The van der Waals surface area contributed by atoms with Crippen LogP contribution in [0, 0.1) is 0 Å². The van der Waals surface area contributed by atoms with E-state index in [1.807, 2.05) is 13.8 Å². The Kier molecular flexibility index (Phi) is 11.6. The van der Waals surface area contributed by atoms with Gasteiger partial charge in [0.15, 0.2) is 21.6 Å². The summed E-state index contributed by atoms with van der Waals surface area (Å²) in [5, 5.41) is 1.31. The van der Waals surface area contributed by atoms with Gasteiger partial charge in [-0.25, -0.2) is 0 Å². The molecule has 0 N–H and O–H groups in total. The predicted octanol–water partition coefficient (Wildman–Crippen LogP) is 10.1. The molecule has 8 rings (SSSR count). The van der Waals surface area contributed by atoms with Crippen LogP contribution in [0.1, 0.15) is 55.4 Å². The van der Waals surface area contributed by atoms with Crippen LogP contribution >= 0.6 is 119 Å². The van der Waals surface area contributed by atoms with E-state index >= 15 is 0 Å². The maximum absolute atomic E-state index is 11.2. The molecule has 0 spiro atoms. The SMILES string of the molecule is CC1=C2OC(=S)C(C)=C2OC1=S.CC1=C2SC(=O)C(C)=C2SC1=O.CC1=C2SC(=O)C(C)=C2SC1=O.CC1=C2SC(=S)C(C)=C2SC1=S. The molecule has 8 aliphatic rings. The highest BCUT2D eigenvalue weighted by Gasteiger charge is 2.37. The summed E-state index contributed by atoms with van der Waals surface area (Å²) in [5.74, 6) is 1.39. The van der Waals surface area contributed by atoms with Crippen molar-refractivity contribution in [1.82, 2.24) is 0 Å². The molecule has 248 valence electrons. The quantitative estimate of drug-likeness (QED) is 0.217. The van der Waals surface area contributed by atoms with Crippen LogP contribution in [0.4, 0.5) is 0 Å². The van der Waals surface area contributed by atoms with E-state index in [1.165, 1.54) is 68.0 Å². The first kappa shape index (κ1) is 37.9. The molecule has 0 fully saturated rings. The van der Waals surface area contributed by atoms with E-state index in [4.69, 9.17) is 58.3 Å². The maximum atomic E-state index is 11.2. The van der Waals surface area contributed by atoms with Gasteiger partial charge in [-0.2, -0.15) is 0 Å². The van der Waals surface area contributed by atoms with Crippen molar-refractivity contribution in [2.24, 2.45) is 0 Å². The molecule has 0 radical (unpaired) electrons. The van der Waals surface area contributed by atoms with E-state index in [-0.39, 0.29) is 20.5 Å². The maximum Gasteiger partial charge on any atom is 0.221 e. The molecule has 0 bridgehead atoms. The zero-order valence-electron chi connectivity index (χ0n) is 26.5. The second-order valence-corrected chi connectivity index (χ2v) is 18.8. The summed E-state index contributed by atoms with van der Waals surface area (Å²) in [5.41, 5.74) is 7.09. The topological polar surface area (TPSA) is 86.7 Å². The lowest BCUT2D eigenvalue weighted by atomic mass is 10.2. The lowest BCUT2D eigenvalue weighted by Gasteiger charge is -1.97. The van der Waals surface area contributed by atoms with Crippen molar-refractivity contribution in [3.63, 3.8) is 0 Å². The lowest BCUT2D eigenvalue weighted by Crippen LogP contribution is -1.98. The molecule has 0 atom stereocenters. The number of thioether (sulfide) groups is 6. The molecule has 8 heterocycles. The monoisotopic (exact) mass is 824 g/mol. The third-order valence-corrected chi connectivity index (χ3v) is 17.1. The lowest BCUT2D eigenvalue weighted by molar-refractivity contribution is -0.108. The molecule has 6 nitrogen and oxygen atoms in total. The van der Waals surface area contributed by atoms with E-state index in [2.05, 4.69) is 13.8 Å². The molecule has 8 aliphatic heterocycles. The van der Waals surface area contributed by atoms with Gasteiger partial charge in [0.1, 0.15) is 0 Å². The first-order valence-electron chi connectivity index (χ1n) is 13.9. The number of carbonyl (C=O) groups excluding carboxylic acids is 4. The van der Waals surface area contributed by atoms with Gasteiger partial charge in [0.2, 0.25) is 20.5 Å². The van der Waals surface area contributed by atoms with E-state index in [1.54, 1.807) is 51.2 Å². The Balaban J connectivity index is 0.000000125. The smallest absolute Gasteiger partial charge is 0.221 e. The number of rotatable bonds is 0. The molecule has 0 unspecified atom stereocenters. The van der Waals surface area contributed by atoms with Crippen molar-refractivity contribution in [3.8, 4) is 0 Å². The average molecular weight is 825 g/mol. The molecule has 0 aromatic carbocycles. The molecule has 0 saturated carbocycles. The van der Waals surface area contributed by atoms with Crippen LogP contribution in [-0.2, 0) is 28.7 Å². The Morgan fingerprint density at radius 2 is 0.583 bits per heavy atom. The molecule has 48 heavy (non-hydrogen) atoms. The molecule has 0 aromatic heterocycles. The Labute approximate surface area is 325 Å². The zero-order valence-corrected chi connectivity index (χ0v) is 34.7. The Hall–Kier alpha value is -1.34. The van der Waals surface area contributed by atoms with Crippen LogP contribution in [0.25, 0.3) is 0 Å². The Morgan fingerprint density at radius 3 is 0.833 bits per heavy atom. The third-order valence-electron chi connectivity index (χ3n) is 7.56. The number of carbonyl (C=O) groups is 4. The van der Waals surface area contributed by atoms with Gasteiger partial charge in [0.25, 0.3) is 0 Å². The van der Waals surface area contributed by atoms with Crippen molar-refractivity contribution in [2.75, 3.05) is 0 Å². The van der Waals surface area contributed by atoms with Crippen LogP contribution in [0.5, 0.6) is 0 Å². The summed E-state index contributed by atoms with van der Waals surface area (Å²) < 4.78 is 12.6. The third kappa shape index (κ3) is 6.95. The zero-order chi connectivity index (χ0) is 35.5. The normalized spacial score (nSPS) is 22.5. The van der Waals surface area contributed by atoms with Crippen LogP contribution in [-0.4, -0.2) is 39.0 Å². The van der Waals surface area contributed by atoms with Gasteiger partial charge in [0.05, 0.1) is 8.39 Å². The Morgan fingerprint density at radius 1 is 0.354 bits per heavy atom. The molecular weight excluding hydrogens is 801 g/mol. The van der Waals surface area contributed by atoms with Crippen molar-refractivity contribution in [3.05, 3.63) is 85.5 Å². The summed E-state index contributed by atoms with van der Waals surface area (Å²) in [6.07, 6.45) is 0. The van der Waals surface area contributed by atoms with Gasteiger partial charge in [0, 0.05) is 62.9 Å². The molecule has 16 heteroatoms. The van der Waals surface area contributed by atoms with Crippen LogP contribution in [0.15, 0.2) is 85.5 Å². The van der Waals surface area contributed by atoms with Gasteiger partial charge < -0.3 is 9.47 Å². The summed E-state index contributed by atoms with van der Waals surface area (Å²) in [6, 6.07) is 0. The minimum absolute atomic E-state index is 0.0827. The van der Waals surface area contributed by atoms with Gasteiger partial charge in [-0.05, 0) is 138 Å². The minimum Gasteiger partial charge on any atom is -0.441 e. The van der Waals surface area contributed by atoms with E-state index in [9.17, 15) is 19.2 Å². The van der Waals surface area contributed by atoms with Gasteiger partial charge in [-0.1, -0.05) is 48.0 Å². The fraction of sp³-hybridized carbons (Fsp3) is 0.250. The number of hydrogen-bond acceptors (Lipinski definition) is 16. The van der Waals surface area contributed by atoms with E-state index in [0.717, 1.165) is 61.5 Å². The fourth-order valence-corrected chi connectivity index (χ4v) is 12.4. The summed E-state index contributed by atoms with van der Waals surface area (Å²) in [4.78, 5) is 50.9. The fourth-order valence-electron chi connectivity index (χ4n) is 4.44. The Bertz CT molecular complexity index is 1600. The number of hydrogen-bond donors (Lipinski definition) is 0. The highest BCUT2D eigenvalue weighted by atomic mass is 32.2. The van der Waals surface area contributed by atoms with Gasteiger partial charge in [-0.15, -0.1) is 0 Å². The largest absolute Gasteiger partial charge is 0.441 e. The second-order valence-electron chi connectivity index (χ2n) is 10.7. The molecule has 0 saturated heterocycles. The highest BCUT2D eigenvalue weighted by molar-refractivity contribution is 8.32.